The van der Waals surface area contributed by atoms with Crippen molar-refractivity contribution in [2.24, 2.45) is 0 Å². The van der Waals surface area contributed by atoms with Crippen molar-refractivity contribution in [3.8, 4) is 22.6 Å². The average molecular weight is 430 g/mol. The Morgan fingerprint density at radius 3 is 2.28 bits per heavy atom. The molecule has 4 aromatic carbocycles. The summed E-state index contributed by atoms with van der Waals surface area (Å²) in [4.78, 5) is 0. The molecule has 0 aliphatic heterocycles. The fraction of sp³-hybridized carbons (Fsp3) is 0.214. The third kappa shape index (κ3) is 4.76. The molecule has 4 rings (SSSR count). The smallest absolute Gasteiger partial charge is 0.228 e. The Balaban J connectivity index is 1.66. The van der Waals surface area contributed by atoms with Gasteiger partial charge in [0.25, 0.3) is 0 Å². The van der Waals surface area contributed by atoms with Gasteiger partial charge in [-0.25, -0.2) is 4.39 Å². The van der Waals surface area contributed by atoms with Crippen molar-refractivity contribution >= 4 is 10.8 Å². The predicted molar refractivity (Wildman–Crippen MR) is 129 cm³/mol. The molecular formula is C28H28FNO2. The normalized spacial score (nSPS) is 13.0. The highest BCUT2D eigenvalue weighted by molar-refractivity contribution is 5.97. The molecule has 2 atom stereocenters. The molecule has 1 N–H and O–H groups in total. The van der Waals surface area contributed by atoms with Gasteiger partial charge in [-0.2, -0.15) is 0 Å². The Bertz CT molecular complexity index is 1190. The molecule has 0 saturated heterocycles. The van der Waals surface area contributed by atoms with E-state index in [0.717, 1.165) is 16.9 Å². The molecule has 0 aliphatic carbocycles. The van der Waals surface area contributed by atoms with Gasteiger partial charge in [0.15, 0.2) is 0 Å². The second-order valence-corrected chi connectivity index (χ2v) is 7.95. The number of halogens is 1. The van der Waals surface area contributed by atoms with Crippen LogP contribution in [0.25, 0.3) is 21.9 Å². The Kier molecular flexibility index (Phi) is 6.72. The lowest BCUT2D eigenvalue weighted by atomic mass is 9.93. The maximum Gasteiger partial charge on any atom is 0.228 e. The van der Waals surface area contributed by atoms with Gasteiger partial charge in [-0.05, 0) is 83.3 Å². The van der Waals surface area contributed by atoms with Gasteiger partial charge in [0.05, 0.1) is 7.11 Å². The zero-order chi connectivity index (χ0) is 22.5. The summed E-state index contributed by atoms with van der Waals surface area (Å²) in [5.74, 6) is 1.39. The summed E-state index contributed by atoms with van der Waals surface area (Å²) in [6.45, 7) is 3.52. The van der Waals surface area contributed by atoms with Crippen LogP contribution in [-0.4, -0.2) is 14.0 Å². The van der Waals surface area contributed by atoms with E-state index < -0.39 is 6.86 Å². The van der Waals surface area contributed by atoms with Crippen molar-refractivity contribution in [2.45, 2.75) is 25.9 Å². The van der Waals surface area contributed by atoms with Crippen LogP contribution in [0.5, 0.6) is 11.5 Å². The molecular weight excluding hydrogens is 401 g/mol. The van der Waals surface area contributed by atoms with Gasteiger partial charge in [0, 0.05) is 12.1 Å². The maximum atomic E-state index is 12.5. The minimum Gasteiger partial charge on any atom is -0.497 e. The molecule has 0 aliphatic rings. The summed E-state index contributed by atoms with van der Waals surface area (Å²) in [6, 6.07) is 28.9. The number of methoxy groups -OCH3 is 1. The minimum atomic E-state index is -0.827. The number of fused-ring (bicyclic) bond motifs is 1. The molecule has 164 valence electrons. The van der Waals surface area contributed by atoms with Crippen LogP contribution in [0, 0.1) is 0 Å². The van der Waals surface area contributed by atoms with E-state index in [2.05, 4.69) is 67.7 Å². The molecule has 0 amide bonds. The first-order chi connectivity index (χ1) is 15.6. The highest BCUT2D eigenvalue weighted by Gasteiger charge is 2.15. The Morgan fingerprint density at radius 2 is 1.53 bits per heavy atom. The summed E-state index contributed by atoms with van der Waals surface area (Å²) in [5.41, 5.74) is 4.60. The molecule has 3 nitrogen and oxygen atoms in total. The Hall–Kier alpha value is -3.37. The maximum absolute atomic E-state index is 12.5. The fourth-order valence-electron chi connectivity index (χ4n) is 4.09. The summed E-state index contributed by atoms with van der Waals surface area (Å²) in [7, 11) is 1.69. The number of hydrogen-bond acceptors (Lipinski definition) is 3. The van der Waals surface area contributed by atoms with E-state index in [0.29, 0.717) is 5.75 Å². The van der Waals surface area contributed by atoms with Crippen molar-refractivity contribution < 1.29 is 13.9 Å². The van der Waals surface area contributed by atoms with Gasteiger partial charge < -0.3 is 14.8 Å². The van der Waals surface area contributed by atoms with Gasteiger partial charge in [-0.3, -0.25) is 0 Å². The van der Waals surface area contributed by atoms with Gasteiger partial charge in [0.1, 0.15) is 11.5 Å². The molecule has 0 aromatic heterocycles. The van der Waals surface area contributed by atoms with Crippen molar-refractivity contribution in [3.63, 3.8) is 0 Å². The summed E-state index contributed by atoms with van der Waals surface area (Å²) in [5, 5.41) is 6.09. The monoisotopic (exact) mass is 429 g/mol. The first-order valence-electron chi connectivity index (χ1n) is 10.8. The van der Waals surface area contributed by atoms with Crippen LogP contribution >= 0.6 is 0 Å². The van der Waals surface area contributed by atoms with Crippen molar-refractivity contribution in [2.75, 3.05) is 14.0 Å². The average Bonchev–Trinajstić information content (AvgIpc) is 2.84. The summed E-state index contributed by atoms with van der Waals surface area (Å²) in [6.07, 6.45) is 0. The van der Waals surface area contributed by atoms with Crippen LogP contribution in [0.15, 0.2) is 84.9 Å². The molecule has 0 saturated carbocycles. The topological polar surface area (TPSA) is 30.5 Å². The van der Waals surface area contributed by atoms with Crippen molar-refractivity contribution in [3.05, 3.63) is 96.1 Å². The molecule has 4 heteroatoms. The van der Waals surface area contributed by atoms with Crippen LogP contribution in [0.4, 0.5) is 4.39 Å². The molecule has 4 aromatic rings. The lowest BCUT2D eigenvalue weighted by Crippen LogP contribution is -2.22. The third-order valence-electron chi connectivity index (χ3n) is 5.86. The van der Waals surface area contributed by atoms with E-state index in [-0.39, 0.29) is 12.1 Å². The number of alkyl halides is 1. The van der Waals surface area contributed by atoms with Crippen molar-refractivity contribution in [1.82, 2.24) is 5.32 Å². The van der Waals surface area contributed by atoms with E-state index in [1.807, 2.05) is 36.4 Å². The van der Waals surface area contributed by atoms with Crippen LogP contribution < -0.4 is 14.8 Å². The fourth-order valence-corrected chi connectivity index (χ4v) is 4.09. The van der Waals surface area contributed by atoms with Gasteiger partial charge in [0.2, 0.25) is 6.86 Å². The second kappa shape index (κ2) is 9.84. The van der Waals surface area contributed by atoms with E-state index in [1.165, 1.54) is 21.9 Å². The lowest BCUT2D eigenvalue weighted by molar-refractivity contribution is 0.192. The number of rotatable bonds is 8. The van der Waals surface area contributed by atoms with Gasteiger partial charge >= 0.3 is 0 Å². The molecule has 1 unspecified atom stereocenters. The van der Waals surface area contributed by atoms with Crippen LogP contribution in [-0.2, 0) is 0 Å². The molecule has 0 radical (unpaired) electrons. The van der Waals surface area contributed by atoms with Gasteiger partial charge in [-0.1, -0.05) is 48.5 Å². The number of benzene rings is 4. The van der Waals surface area contributed by atoms with Crippen LogP contribution in [0.2, 0.25) is 0 Å². The second-order valence-electron chi connectivity index (χ2n) is 7.95. The zero-order valence-electron chi connectivity index (χ0n) is 18.6. The predicted octanol–water partition coefficient (Wildman–Crippen LogP) is 7.23. The lowest BCUT2D eigenvalue weighted by Gasteiger charge is -2.22. The van der Waals surface area contributed by atoms with Gasteiger partial charge in [-0.15, -0.1) is 0 Å². The largest absolute Gasteiger partial charge is 0.497 e. The minimum absolute atomic E-state index is 0.133. The summed E-state index contributed by atoms with van der Waals surface area (Å²) < 4.78 is 22.8. The van der Waals surface area contributed by atoms with E-state index in [4.69, 9.17) is 9.47 Å². The highest BCUT2D eigenvalue weighted by atomic mass is 19.1. The molecule has 32 heavy (non-hydrogen) atoms. The first kappa shape index (κ1) is 21.8. The SMILES string of the molecule is COc1cccc([C@@H](C)NC(C)c2cc(-c3ccc(OCF)cc3)c3ccccc3c2)c1. The molecule has 0 heterocycles. The third-order valence-corrected chi connectivity index (χ3v) is 5.86. The molecule has 0 bridgehead atoms. The van der Waals surface area contributed by atoms with E-state index in [9.17, 15) is 4.39 Å². The highest BCUT2D eigenvalue weighted by Crippen LogP contribution is 2.34. The summed E-state index contributed by atoms with van der Waals surface area (Å²) >= 11 is 0. The molecule has 0 spiro atoms. The molecule has 0 fully saturated rings. The number of hydrogen-bond donors (Lipinski definition) is 1. The number of ether oxygens (including phenoxy) is 2. The Labute approximate surface area is 188 Å². The standard InChI is InChI=1S/C28H28FNO2/c1-19(22-8-6-9-26(16-22)31-3)30-20(2)24-15-23-7-4-5-10-27(23)28(17-24)21-11-13-25(14-12-21)32-18-29/h4-17,19-20,30H,18H2,1-3H3/t19-,20?/m1/s1. The van der Waals surface area contributed by atoms with Crippen LogP contribution in [0.3, 0.4) is 0 Å². The first-order valence-corrected chi connectivity index (χ1v) is 10.8. The zero-order valence-corrected chi connectivity index (χ0v) is 18.6. The quantitative estimate of drug-likeness (QED) is 0.320. The number of nitrogens with one attached hydrogen (secondary N) is 1. The van der Waals surface area contributed by atoms with Crippen LogP contribution in [0.1, 0.15) is 37.1 Å². The van der Waals surface area contributed by atoms with Crippen molar-refractivity contribution in [1.29, 1.82) is 0 Å². The Morgan fingerprint density at radius 1 is 0.781 bits per heavy atom. The van der Waals surface area contributed by atoms with E-state index >= 15 is 0 Å². The van der Waals surface area contributed by atoms with E-state index in [1.54, 1.807) is 7.11 Å².